The minimum atomic E-state index is 0.0975. The maximum atomic E-state index is 12.6. The summed E-state index contributed by atoms with van der Waals surface area (Å²) in [6.45, 7) is 1.68. The van der Waals surface area contributed by atoms with Gasteiger partial charge in [0.15, 0.2) is 0 Å². The van der Waals surface area contributed by atoms with Gasteiger partial charge in [-0.1, -0.05) is 11.6 Å². The van der Waals surface area contributed by atoms with Crippen LogP contribution in [0.3, 0.4) is 0 Å². The van der Waals surface area contributed by atoms with Gasteiger partial charge in [-0.05, 0) is 60.4 Å². The molecule has 3 nitrogen and oxygen atoms in total. The van der Waals surface area contributed by atoms with E-state index in [0.717, 1.165) is 24.0 Å². The SMILES string of the molecule is CN1C2CCC1CN(C(=O)c1ccc(Br)c(Cl)c1)CC2. The molecule has 2 atom stereocenters. The Hall–Kier alpha value is -0.580. The monoisotopic (exact) mass is 356 g/mol. The fraction of sp³-hybridized carbons (Fsp3) is 0.533. The Labute approximate surface area is 133 Å². The lowest BCUT2D eigenvalue weighted by Crippen LogP contribution is -2.39. The molecule has 0 N–H and O–H groups in total. The summed E-state index contributed by atoms with van der Waals surface area (Å²) in [6.07, 6.45) is 3.54. The van der Waals surface area contributed by atoms with Gasteiger partial charge >= 0.3 is 0 Å². The zero-order valence-corrected chi connectivity index (χ0v) is 13.8. The highest BCUT2D eigenvalue weighted by Crippen LogP contribution is 2.30. The molecule has 2 aliphatic heterocycles. The van der Waals surface area contributed by atoms with Crippen LogP contribution in [-0.2, 0) is 0 Å². The van der Waals surface area contributed by atoms with E-state index in [2.05, 4.69) is 27.9 Å². The summed E-state index contributed by atoms with van der Waals surface area (Å²) in [5.41, 5.74) is 0.679. The van der Waals surface area contributed by atoms with E-state index >= 15 is 0 Å². The van der Waals surface area contributed by atoms with Gasteiger partial charge in [0.05, 0.1) is 5.02 Å². The number of rotatable bonds is 1. The first kappa shape index (κ1) is 14.4. The molecule has 1 aromatic carbocycles. The molecule has 3 rings (SSSR count). The van der Waals surface area contributed by atoms with Crippen molar-refractivity contribution in [2.75, 3.05) is 20.1 Å². The molecule has 2 aliphatic rings. The van der Waals surface area contributed by atoms with Crippen LogP contribution in [0.1, 0.15) is 29.6 Å². The Morgan fingerprint density at radius 1 is 1.30 bits per heavy atom. The van der Waals surface area contributed by atoms with Crippen molar-refractivity contribution in [2.45, 2.75) is 31.3 Å². The smallest absolute Gasteiger partial charge is 0.253 e. The standard InChI is InChI=1S/C15H18BrClN2O/c1-18-11-3-4-12(18)9-19(7-6-11)15(20)10-2-5-13(16)14(17)8-10/h2,5,8,11-12H,3-4,6-7,9H2,1H3. The number of fused-ring (bicyclic) bond motifs is 2. The highest BCUT2D eigenvalue weighted by Gasteiger charge is 2.36. The van der Waals surface area contributed by atoms with Crippen LogP contribution in [0.4, 0.5) is 0 Å². The second kappa shape index (κ2) is 5.66. The largest absolute Gasteiger partial charge is 0.337 e. The van der Waals surface area contributed by atoms with Gasteiger partial charge in [-0.2, -0.15) is 0 Å². The number of halogens is 2. The summed E-state index contributed by atoms with van der Waals surface area (Å²) >= 11 is 9.45. The molecule has 5 heteroatoms. The molecule has 108 valence electrons. The third-order valence-corrected chi connectivity index (χ3v) is 5.83. The van der Waals surface area contributed by atoms with Crippen molar-refractivity contribution in [3.8, 4) is 0 Å². The predicted octanol–water partition coefficient (Wildman–Crippen LogP) is 3.41. The van der Waals surface area contributed by atoms with Crippen LogP contribution >= 0.6 is 27.5 Å². The predicted molar refractivity (Wildman–Crippen MR) is 84.2 cm³/mol. The average molecular weight is 358 g/mol. The molecule has 2 saturated heterocycles. The summed E-state index contributed by atoms with van der Waals surface area (Å²) < 4.78 is 0.824. The zero-order chi connectivity index (χ0) is 14.3. The molecular weight excluding hydrogens is 340 g/mol. The Morgan fingerprint density at radius 3 is 2.80 bits per heavy atom. The van der Waals surface area contributed by atoms with E-state index in [1.54, 1.807) is 6.07 Å². The fourth-order valence-electron chi connectivity index (χ4n) is 3.30. The van der Waals surface area contributed by atoms with Crippen LogP contribution in [0.25, 0.3) is 0 Å². The summed E-state index contributed by atoms with van der Waals surface area (Å²) in [7, 11) is 2.19. The number of amides is 1. The molecule has 0 saturated carbocycles. The van der Waals surface area contributed by atoms with E-state index in [1.165, 1.54) is 12.8 Å². The van der Waals surface area contributed by atoms with Crippen molar-refractivity contribution in [1.29, 1.82) is 0 Å². The number of nitrogens with zero attached hydrogens (tertiary/aromatic N) is 2. The van der Waals surface area contributed by atoms with Crippen LogP contribution in [0.5, 0.6) is 0 Å². The van der Waals surface area contributed by atoms with Crippen LogP contribution in [0.15, 0.2) is 22.7 Å². The molecule has 1 aromatic rings. The van der Waals surface area contributed by atoms with E-state index in [4.69, 9.17) is 11.6 Å². The van der Waals surface area contributed by atoms with Gasteiger partial charge in [0.25, 0.3) is 5.91 Å². The summed E-state index contributed by atoms with van der Waals surface area (Å²) in [5, 5.41) is 0.587. The Morgan fingerprint density at radius 2 is 2.05 bits per heavy atom. The van der Waals surface area contributed by atoms with Gasteiger partial charge in [-0.3, -0.25) is 9.69 Å². The van der Waals surface area contributed by atoms with Crippen molar-refractivity contribution < 1.29 is 4.79 Å². The van der Waals surface area contributed by atoms with Gasteiger partial charge in [0, 0.05) is 35.2 Å². The second-order valence-electron chi connectivity index (χ2n) is 5.72. The topological polar surface area (TPSA) is 23.6 Å². The molecule has 2 heterocycles. The highest BCUT2D eigenvalue weighted by molar-refractivity contribution is 9.10. The van der Waals surface area contributed by atoms with Crippen molar-refractivity contribution >= 4 is 33.4 Å². The lowest BCUT2D eigenvalue weighted by Gasteiger charge is -2.26. The maximum absolute atomic E-state index is 12.6. The molecule has 2 fully saturated rings. The quantitative estimate of drug-likeness (QED) is 0.769. The van der Waals surface area contributed by atoms with Crippen LogP contribution in [-0.4, -0.2) is 47.9 Å². The third-order valence-electron chi connectivity index (χ3n) is 4.60. The molecule has 0 aliphatic carbocycles. The maximum Gasteiger partial charge on any atom is 0.253 e. The number of carbonyl (C=O) groups excluding carboxylic acids is 1. The minimum absolute atomic E-state index is 0.0975. The number of hydrogen-bond donors (Lipinski definition) is 0. The first-order valence-corrected chi connectivity index (χ1v) is 8.19. The van der Waals surface area contributed by atoms with Crippen LogP contribution in [0.2, 0.25) is 5.02 Å². The van der Waals surface area contributed by atoms with E-state index in [0.29, 0.717) is 22.7 Å². The number of hydrogen-bond acceptors (Lipinski definition) is 2. The summed E-state index contributed by atoms with van der Waals surface area (Å²) in [4.78, 5) is 17.1. The molecule has 1 amide bonds. The van der Waals surface area contributed by atoms with E-state index < -0.39 is 0 Å². The zero-order valence-electron chi connectivity index (χ0n) is 11.5. The Bertz CT molecular complexity index is 537. The molecule has 2 bridgehead atoms. The van der Waals surface area contributed by atoms with Gasteiger partial charge < -0.3 is 4.90 Å². The van der Waals surface area contributed by atoms with E-state index in [-0.39, 0.29) is 5.91 Å². The molecule has 0 spiro atoms. The van der Waals surface area contributed by atoms with Crippen molar-refractivity contribution in [3.63, 3.8) is 0 Å². The molecule has 0 radical (unpaired) electrons. The molecule has 0 aromatic heterocycles. The first-order chi connectivity index (χ1) is 9.56. The van der Waals surface area contributed by atoms with E-state index in [9.17, 15) is 4.79 Å². The molecule has 2 unspecified atom stereocenters. The third kappa shape index (κ3) is 2.61. The first-order valence-electron chi connectivity index (χ1n) is 7.02. The van der Waals surface area contributed by atoms with Crippen LogP contribution < -0.4 is 0 Å². The lowest BCUT2D eigenvalue weighted by atomic mass is 10.1. The Balaban J connectivity index is 1.78. The normalized spacial score (nSPS) is 26.6. The lowest BCUT2D eigenvalue weighted by molar-refractivity contribution is 0.0740. The van der Waals surface area contributed by atoms with Crippen molar-refractivity contribution in [3.05, 3.63) is 33.3 Å². The Kier molecular flexibility index (Phi) is 4.07. The number of likely N-dealkylation sites (tertiary alicyclic amines) is 1. The molecular formula is C15H18BrClN2O. The minimum Gasteiger partial charge on any atom is -0.337 e. The van der Waals surface area contributed by atoms with Gasteiger partial charge in [-0.15, -0.1) is 0 Å². The van der Waals surface area contributed by atoms with E-state index in [1.807, 2.05) is 17.0 Å². The summed E-state index contributed by atoms with van der Waals surface area (Å²) in [6, 6.07) is 6.58. The number of carbonyl (C=O) groups is 1. The van der Waals surface area contributed by atoms with Crippen molar-refractivity contribution in [1.82, 2.24) is 9.80 Å². The average Bonchev–Trinajstić information content (AvgIpc) is 2.66. The number of likely N-dealkylation sites (N-methyl/N-ethyl adjacent to an activating group) is 1. The van der Waals surface area contributed by atoms with Gasteiger partial charge in [-0.25, -0.2) is 0 Å². The van der Waals surface area contributed by atoms with Gasteiger partial charge in [0.2, 0.25) is 0 Å². The highest BCUT2D eigenvalue weighted by atomic mass is 79.9. The molecule has 20 heavy (non-hydrogen) atoms. The second-order valence-corrected chi connectivity index (χ2v) is 6.98. The van der Waals surface area contributed by atoms with Crippen LogP contribution in [0, 0.1) is 0 Å². The van der Waals surface area contributed by atoms with Gasteiger partial charge in [0.1, 0.15) is 0 Å². The van der Waals surface area contributed by atoms with Crippen molar-refractivity contribution in [2.24, 2.45) is 0 Å². The fourth-order valence-corrected chi connectivity index (χ4v) is 3.73. The summed E-state index contributed by atoms with van der Waals surface area (Å²) in [5.74, 6) is 0.0975. The number of benzene rings is 1.